The lowest BCUT2D eigenvalue weighted by molar-refractivity contribution is -0.153. The van der Waals surface area contributed by atoms with Gasteiger partial charge in [0.05, 0.1) is 0 Å². The Kier molecular flexibility index (Phi) is 3.51. The van der Waals surface area contributed by atoms with Gasteiger partial charge in [-0.1, -0.05) is 20.3 Å². The number of carbonyl (C=O) groups is 2. The molecular formula is C16H26N2O2. The van der Waals surface area contributed by atoms with Crippen LogP contribution in [0.4, 0.5) is 0 Å². The SMILES string of the molecule is CCC1C(=O)NC(C2CC2)C(=O)N1CC1(CC)CCC1. The van der Waals surface area contributed by atoms with Gasteiger partial charge < -0.3 is 10.2 Å². The lowest BCUT2D eigenvalue weighted by Gasteiger charge is -2.48. The maximum absolute atomic E-state index is 12.8. The predicted octanol–water partition coefficient (Wildman–Crippen LogP) is 2.08. The summed E-state index contributed by atoms with van der Waals surface area (Å²) >= 11 is 0. The Labute approximate surface area is 121 Å². The van der Waals surface area contributed by atoms with Gasteiger partial charge in [0.1, 0.15) is 12.1 Å². The third kappa shape index (κ3) is 2.23. The summed E-state index contributed by atoms with van der Waals surface area (Å²) in [5.74, 6) is 0.638. The molecule has 0 radical (unpaired) electrons. The maximum atomic E-state index is 12.8. The van der Waals surface area contributed by atoms with Gasteiger partial charge in [0.15, 0.2) is 0 Å². The Morgan fingerprint density at radius 1 is 1.25 bits per heavy atom. The van der Waals surface area contributed by atoms with E-state index in [2.05, 4.69) is 12.2 Å². The number of amides is 2. The summed E-state index contributed by atoms with van der Waals surface area (Å²) < 4.78 is 0. The number of hydrogen-bond acceptors (Lipinski definition) is 2. The van der Waals surface area contributed by atoms with Crippen LogP contribution in [0, 0.1) is 11.3 Å². The zero-order valence-corrected chi connectivity index (χ0v) is 12.7. The molecule has 0 bridgehead atoms. The Balaban J connectivity index is 1.79. The normalized spacial score (nSPS) is 32.8. The van der Waals surface area contributed by atoms with E-state index in [4.69, 9.17) is 0 Å². The van der Waals surface area contributed by atoms with Gasteiger partial charge in [-0.2, -0.15) is 0 Å². The minimum atomic E-state index is -0.249. The average molecular weight is 278 g/mol. The van der Waals surface area contributed by atoms with Crippen molar-refractivity contribution in [3.05, 3.63) is 0 Å². The van der Waals surface area contributed by atoms with E-state index in [1.807, 2.05) is 11.8 Å². The molecule has 3 fully saturated rings. The average Bonchev–Trinajstić information content (AvgIpc) is 3.21. The zero-order chi connectivity index (χ0) is 14.3. The summed E-state index contributed by atoms with van der Waals surface area (Å²) in [5.41, 5.74) is 0.287. The first kappa shape index (κ1) is 13.9. The van der Waals surface area contributed by atoms with Crippen LogP contribution < -0.4 is 5.32 Å². The highest BCUT2D eigenvalue weighted by molar-refractivity contribution is 5.97. The summed E-state index contributed by atoms with van der Waals surface area (Å²) in [6, 6.07) is -0.485. The second kappa shape index (κ2) is 5.05. The molecule has 0 aromatic carbocycles. The van der Waals surface area contributed by atoms with Crippen LogP contribution in [0.15, 0.2) is 0 Å². The van der Waals surface area contributed by atoms with Crippen LogP contribution in [0.2, 0.25) is 0 Å². The fourth-order valence-electron chi connectivity index (χ4n) is 3.79. The molecule has 2 atom stereocenters. The monoisotopic (exact) mass is 278 g/mol. The van der Waals surface area contributed by atoms with Crippen molar-refractivity contribution >= 4 is 11.8 Å². The first-order valence-electron chi connectivity index (χ1n) is 8.21. The lowest BCUT2D eigenvalue weighted by atomic mass is 9.66. The molecule has 3 rings (SSSR count). The van der Waals surface area contributed by atoms with Crippen molar-refractivity contribution in [2.24, 2.45) is 11.3 Å². The van der Waals surface area contributed by atoms with Crippen LogP contribution in [0.5, 0.6) is 0 Å². The first-order chi connectivity index (χ1) is 9.60. The fourth-order valence-corrected chi connectivity index (χ4v) is 3.79. The largest absolute Gasteiger partial charge is 0.342 e. The van der Waals surface area contributed by atoms with Crippen LogP contribution >= 0.6 is 0 Å². The third-order valence-electron chi connectivity index (χ3n) is 5.68. The van der Waals surface area contributed by atoms with Gasteiger partial charge in [0.25, 0.3) is 0 Å². The Hall–Kier alpha value is -1.06. The number of rotatable bonds is 5. The predicted molar refractivity (Wildman–Crippen MR) is 77.0 cm³/mol. The smallest absolute Gasteiger partial charge is 0.246 e. The highest BCUT2D eigenvalue weighted by Gasteiger charge is 2.49. The molecule has 0 aromatic rings. The highest BCUT2D eigenvalue weighted by atomic mass is 16.2. The van der Waals surface area contributed by atoms with Gasteiger partial charge in [0.2, 0.25) is 11.8 Å². The highest BCUT2D eigenvalue weighted by Crippen LogP contribution is 2.45. The first-order valence-corrected chi connectivity index (χ1v) is 8.21. The van der Waals surface area contributed by atoms with Gasteiger partial charge in [0, 0.05) is 6.54 Å². The summed E-state index contributed by atoms with van der Waals surface area (Å²) in [6.07, 6.45) is 7.68. The zero-order valence-electron chi connectivity index (χ0n) is 12.7. The van der Waals surface area contributed by atoms with E-state index < -0.39 is 0 Å². The topological polar surface area (TPSA) is 49.4 Å². The van der Waals surface area contributed by atoms with E-state index in [1.165, 1.54) is 19.3 Å². The molecule has 4 heteroatoms. The molecule has 2 saturated carbocycles. The van der Waals surface area contributed by atoms with Crippen LogP contribution in [-0.2, 0) is 9.59 Å². The van der Waals surface area contributed by atoms with E-state index in [-0.39, 0.29) is 29.3 Å². The van der Waals surface area contributed by atoms with Crippen molar-refractivity contribution in [2.75, 3.05) is 6.54 Å². The molecular weight excluding hydrogens is 252 g/mol. The van der Waals surface area contributed by atoms with Crippen LogP contribution in [0.1, 0.15) is 58.8 Å². The van der Waals surface area contributed by atoms with Gasteiger partial charge in [-0.25, -0.2) is 0 Å². The van der Waals surface area contributed by atoms with Crippen LogP contribution in [-0.4, -0.2) is 35.3 Å². The molecule has 3 aliphatic rings. The summed E-state index contributed by atoms with van der Waals surface area (Å²) in [7, 11) is 0. The minimum absolute atomic E-state index is 0.0644. The number of nitrogens with zero attached hydrogens (tertiary/aromatic N) is 1. The Bertz CT molecular complexity index is 407. The van der Waals surface area contributed by atoms with Gasteiger partial charge in [-0.05, 0) is 49.9 Å². The van der Waals surface area contributed by atoms with E-state index >= 15 is 0 Å². The number of carbonyl (C=O) groups excluding carboxylic acids is 2. The second-order valence-electron chi connectivity index (χ2n) is 6.92. The molecule has 1 aliphatic heterocycles. The Morgan fingerprint density at radius 3 is 2.40 bits per heavy atom. The lowest BCUT2D eigenvalue weighted by Crippen LogP contribution is -2.65. The van der Waals surface area contributed by atoms with E-state index in [0.29, 0.717) is 5.92 Å². The summed E-state index contributed by atoms with van der Waals surface area (Å²) in [4.78, 5) is 27.0. The molecule has 0 aromatic heterocycles. The minimum Gasteiger partial charge on any atom is -0.342 e. The van der Waals surface area contributed by atoms with Crippen molar-refractivity contribution in [2.45, 2.75) is 70.9 Å². The second-order valence-corrected chi connectivity index (χ2v) is 6.92. The van der Waals surface area contributed by atoms with Crippen LogP contribution in [0.3, 0.4) is 0 Å². The molecule has 4 nitrogen and oxygen atoms in total. The third-order valence-corrected chi connectivity index (χ3v) is 5.68. The molecule has 1 heterocycles. The van der Waals surface area contributed by atoms with Gasteiger partial charge >= 0.3 is 0 Å². The molecule has 0 spiro atoms. The van der Waals surface area contributed by atoms with Gasteiger partial charge in [-0.15, -0.1) is 0 Å². The van der Waals surface area contributed by atoms with E-state index in [0.717, 1.165) is 32.2 Å². The molecule has 20 heavy (non-hydrogen) atoms. The molecule has 2 amide bonds. The van der Waals surface area contributed by atoms with Gasteiger partial charge in [-0.3, -0.25) is 9.59 Å². The van der Waals surface area contributed by atoms with E-state index in [9.17, 15) is 9.59 Å². The molecule has 112 valence electrons. The van der Waals surface area contributed by atoms with Crippen molar-refractivity contribution in [3.63, 3.8) is 0 Å². The quantitative estimate of drug-likeness (QED) is 0.837. The summed E-state index contributed by atoms with van der Waals surface area (Å²) in [6.45, 7) is 5.01. The molecule has 2 aliphatic carbocycles. The number of hydrogen-bond donors (Lipinski definition) is 1. The van der Waals surface area contributed by atoms with E-state index in [1.54, 1.807) is 0 Å². The van der Waals surface area contributed by atoms with Crippen molar-refractivity contribution < 1.29 is 9.59 Å². The van der Waals surface area contributed by atoms with Crippen molar-refractivity contribution in [3.8, 4) is 0 Å². The Morgan fingerprint density at radius 2 is 1.95 bits per heavy atom. The maximum Gasteiger partial charge on any atom is 0.246 e. The number of piperazine rings is 1. The molecule has 1 saturated heterocycles. The standard InChI is InChI=1S/C16H26N2O2/c1-3-12-14(19)17-13(11-6-7-11)15(20)18(12)10-16(4-2)8-5-9-16/h11-13H,3-10H2,1-2H3,(H,17,19). The van der Waals surface area contributed by atoms with Crippen molar-refractivity contribution in [1.29, 1.82) is 0 Å². The molecule has 1 N–H and O–H groups in total. The number of nitrogens with one attached hydrogen (secondary N) is 1. The molecule has 2 unspecified atom stereocenters. The van der Waals surface area contributed by atoms with Crippen LogP contribution in [0.25, 0.3) is 0 Å². The van der Waals surface area contributed by atoms with Crippen molar-refractivity contribution in [1.82, 2.24) is 10.2 Å². The summed E-state index contributed by atoms with van der Waals surface area (Å²) in [5, 5.41) is 2.97. The fraction of sp³-hybridized carbons (Fsp3) is 0.875.